The number of para-hydroxylation sites is 3. The highest BCUT2D eigenvalue weighted by Crippen LogP contribution is 2.25. The number of anilines is 2. The lowest BCUT2D eigenvalue weighted by Crippen LogP contribution is -2.02. The quantitative estimate of drug-likeness (QED) is 0.749. The molecule has 3 rings (SSSR count). The summed E-state index contributed by atoms with van der Waals surface area (Å²) in [4.78, 5) is 9.28. The van der Waals surface area contributed by atoms with E-state index >= 15 is 0 Å². The number of fused-ring (bicyclic) bond motifs is 1. The van der Waals surface area contributed by atoms with Crippen LogP contribution in [0.3, 0.4) is 0 Å². The lowest BCUT2D eigenvalue weighted by Gasteiger charge is -2.13. The standard InChI is InChI=1S/C17H17N3/c1-11-7-6-8-12(2)16(11)20-17-13(3)18-14-9-4-5-10-15(14)19-17/h4-10H,1-3H3,(H,19,20). The van der Waals surface area contributed by atoms with Crippen LogP contribution < -0.4 is 5.32 Å². The van der Waals surface area contributed by atoms with Crippen molar-refractivity contribution < 1.29 is 0 Å². The number of hydrogen-bond donors (Lipinski definition) is 1. The number of benzene rings is 2. The number of hydrogen-bond acceptors (Lipinski definition) is 3. The highest BCUT2D eigenvalue weighted by Gasteiger charge is 2.08. The molecule has 0 atom stereocenters. The molecule has 1 aromatic heterocycles. The Balaban J connectivity index is 2.09. The lowest BCUT2D eigenvalue weighted by molar-refractivity contribution is 1.18. The van der Waals surface area contributed by atoms with Crippen LogP contribution in [0.5, 0.6) is 0 Å². The van der Waals surface area contributed by atoms with E-state index in [1.54, 1.807) is 0 Å². The molecule has 3 nitrogen and oxygen atoms in total. The van der Waals surface area contributed by atoms with Crippen molar-refractivity contribution >= 4 is 22.5 Å². The molecule has 0 unspecified atom stereocenters. The van der Waals surface area contributed by atoms with E-state index in [1.165, 1.54) is 11.1 Å². The maximum atomic E-state index is 4.68. The van der Waals surface area contributed by atoms with Gasteiger partial charge in [-0.3, -0.25) is 0 Å². The number of rotatable bonds is 2. The Bertz CT molecular complexity index is 758. The summed E-state index contributed by atoms with van der Waals surface area (Å²) in [5.41, 5.74) is 6.27. The molecule has 100 valence electrons. The Hall–Kier alpha value is -2.42. The smallest absolute Gasteiger partial charge is 0.152 e. The van der Waals surface area contributed by atoms with Crippen LogP contribution >= 0.6 is 0 Å². The fraction of sp³-hybridized carbons (Fsp3) is 0.176. The van der Waals surface area contributed by atoms with Crippen LogP contribution in [-0.2, 0) is 0 Å². The second kappa shape index (κ2) is 4.93. The molecule has 0 aliphatic carbocycles. The van der Waals surface area contributed by atoms with Gasteiger partial charge in [0.05, 0.1) is 16.7 Å². The van der Waals surface area contributed by atoms with Crippen molar-refractivity contribution in [3.8, 4) is 0 Å². The minimum Gasteiger partial charge on any atom is -0.338 e. The number of nitrogens with one attached hydrogen (secondary N) is 1. The monoisotopic (exact) mass is 263 g/mol. The summed E-state index contributed by atoms with van der Waals surface area (Å²) >= 11 is 0. The third kappa shape index (κ3) is 2.23. The molecule has 1 heterocycles. The second-order valence-corrected chi connectivity index (χ2v) is 5.04. The van der Waals surface area contributed by atoms with Gasteiger partial charge >= 0.3 is 0 Å². The highest BCUT2D eigenvalue weighted by molar-refractivity contribution is 5.77. The van der Waals surface area contributed by atoms with Gasteiger partial charge in [0, 0.05) is 5.69 Å². The molecule has 3 aromatic rings. The highest BCUT2D eigenvalue weighted by atomic mass is 15.0. The van der Waals surface area contributed by atoms with E-state index in [9.17, 15) is 0 Å². The number of aryl methyl sites for hydroxylation is 3. The second-order valence-electron chi connectivity index (χ2n) is 5.04. The van der Waals surface area contributed by atoms with Crippen molar-refractivity contribution in [3.63, 3.8) is 0 Å². The molecule has 0 spiro atoms. The summed E-state index contributed by atoms with van der Waals surface area (Å²) in [6, 6.07) is 14.2. The molecule has 2 aromatic carbocycles. The van der Waals surface area contributed by atoms with Crippen LogP contribution in [-0.4, -0.2) is 9.97 Å². The maximum absolute atomic E-state index is 4.68. The van der Waals surface area contributed by atoms with E-state index in [4.69, 9.17) is 0 Å². The third-order valence-electron chi connectivity index (χ3n) is 3.47. The first-order valence-electron chi connectivity index (χ1n) is 6.72. The summed E-state index contributed by atoms with van der Waals surface area (Å²) in [5, 5.41) is 3.43. The van der Waals surface area contributed by atoms with E-state index in [0.717, 1.165) is 28.2 Å². The first-order valence-corrected chi connectivity index (χ1v) is 6.72. The fourth-order valence-electron chi connectivity index (χ4n) is 2.34. The molecule has 0 fully saturated rings. The first kappa shape index (κ1) is 12.6. The van der Waals surface area contributed by atoms with Gasteiger partial charge in [-0.25, -0.2) is 9.97 Å². The van der Waals surface area contributed by atoms with Crippen molar-refractivity contribution in [3.05, 3.63) is 59.3 Å². The van der Waals surface area contributed by atoms with E-state index in [-0.39, 0.29) is 0 Å². The molecule has 0 bridgehead atoms. The van der Waals surface area contributed by atoms with Gasteiger partial charge in [-0.1, -0.05) is 30.3 Å². The summed E-state index contributed by atoms with van der Waals surface area (Å²) in [6.07, 6.45) is 0. The van der Waals surface area contributed by atoms with Gasteiger partial charge in [0.1, 0.15) is 0 Å². The molecule has 0 saturated carbocycles. The van der Waals surface area contributed by atoms with Gasteiger partial charge in [-0.15, -0.1) is 0 Å². The normalized spacial score (nSPS) is 10.8. The van der Waals surface area contributed by atoms with Crippen LogP contribution in [0, 0.1) is 20.8 Å². The molecule has 3 heteroatoms. The summed E-state index contributed by atoms with van der Waals surface area (Å²) < 4.78 is 0. The van der Waals surface area contributed by atoms with E-state index in [2.05, 4.69) is 47.3 Å². The SMILES string of the molecule is Cc1cccc(C)c1Nc1nc2ccccc2nc1C. The van der Waals surface area contributed by atoms with E-state index in [0.29, 0.717) is 0 Å². The van der Waals surface area contributed by atoms with Crippen LogP contribution in [0.1, 0.15) is 16.8 Å². The molecular weight excluding hydrogens is 246 g/mol. The fourth-order valence-corrected chi connectivity index (χ4v) is 2.34. The maximum Gasteiger partial charge on any atom is 0.152 e. The summed E-state index contributed by atoms with van der Waals surface area (Å²) in [7, 11) is 0. The Morgan fingerprint density at radius 1 is 0.750 bits per heavy atom. The molecule has 1 N–H and O–H groups in total. The van der Waals surface area contributed by atoms with Crippen molar-refractivity contribution in [1.82, 2.24) is 9.97 Å². The predicted molar refractivity (Wildman–Crippen MR) is 83.5 cm³/mol. The van der Waals surface area contributed by atoms with Crippen molar-refractivity contribution in [2.45, 2.75) is 20.8 Å². The average molecular weight is 263 g/mol. The molecule has 0 aliphatic rings. The average Bonchev–Trinajstić information content (AvgIpc) is 2.43. The molecule has 0 radical (unpaired) electrons. The molecule has 0 amide bonds. The van der Waals surface area contributed by atoms with Crippen LogP contribution in [0.2, 0.25) is 0 Å². The topological polar surface area (TPSA) is 37.8 Å². The Labute approximate surface area is 118 Å². The van der Waals surface area contributed by atoms with Gasteiger partial charge < -0.3 is 5.32 Å². The third-order valence-corrected chi connectivity index (χ3v) is 3.47. The van der Waals surface area contributed by atoms with Crippen LogP contribution in [0.25, 0.3) is 11.0 Å². The molecule has 20 heavy (non-hydrogen) atoms. The van der Waals surface area contributed by atoms with Gasteiger partial charge in [0.25, 0.3) is 0 Å². The number of aromatic nitrogens is 2. The summed E-state index contributed by atoms with van der Waals surface area (Å²) in [5.74, 6) is 0.820. The zero-order valence-electron chi connectivity index (χ0n) is 11.9. The van der Waals surface area contributed by atoms with Crippen LogP contribution in [0.15, 0.2) is 42.5 Å². The minimum absolute atomic E-state index is 0.820. The van der Waals surface area contributed by atoms with Gasteiger partial charge in [0.2, 0.25) is 0 Å². The van der Waals surface area contributed by atoms with Gasteiger partial charge in [-0.2, -0.15) is 0 Å². The lowest BCUT2D eigenvalue weighted by atomic mass is 10.1. The Morgan fingerprint density at radius 2 is 1.35 bits per heavy atom. The number of nitrogens with zero attached hydrogens (tertiary/aromatic N) is 2. The zero-order valence-corrected chi connectivity index (χ0v) is 11.9. The van der Waals surface area contributed by atoms with Crippen molar-refractivity contribution in [2.24, 2.45) is 0 Å². The van der Waals surface area contributed by atoms with Crippen LogP contribution in [0.4, 0.5) is 11.5 Å². The molecule has 0 saturated heterocycles. The molecule has 0 aliphatic heterocycles. The zero-order chi connectivity index (χ0) is 14.1. The minimum atomic E-state index is 0.820. The van der Waals surface area contributed by atoms with Gasteiger partial charge in [0.15, 0.2) is 5.82 Å². The predicted octanol–water partition coefficient (Wildman–Crippen LogP) is 4.30. The largest absolute Gasteiger partial charge is 0.338 e. The Kier molecular flexibility index (Phi) is 3.11. The van der Waals surface area contributed by atoms with Crippen molar-refractivity contribution in [2.75, 3.05) is 5.32 Å². The molecular formula is C17H17N3. The summed E-state index contributed by atoms with van der Waals surface area (Å²) in [6.45, 7) is 6.17. The van der Waals surface area contributed by atoms with Crippen molar-refractivity contribution in [1.29, 1.82) is 0 Å². The van der Waals surface area contributed by atoms with E-state index in [1.807, 2.05) is 31.2 Å². The van der Waals surface area contributed by atoms with Gasteiger partial charge in [-0.05, 0) is 44.0 Å². The Morgan fingerprint density at radius 3 is 2.00 bits per heavy atom. The first-order chi connectivity index (χ1) is 9.65. The van der Waals surface area contributed by atoms with E-state index < -0.39 is 0 Å².